The van der Waals surface area contributed by atoms with Gasteiger partial charge in [0.15, 0.2) is 11.3 Å². The van der Waals surface area contributed by atoms with Gasteiger partial charge in [-0.2, -0.15) is 0 Å². The molecule has 1 aromatic rings. The molecule has 0 atom stereocenters. The lowest BCUT2D eigenvalue weighted by atomic mass is 10.0. The topological polar surface area (TPSA) is 51.6 Å². The number of rotatable bonds is 1. The van der Waals surface area contributed by atoms with Crippen molar-refractivity contribution in [2.24, 2.45) is 5.10 Å². The van der Waals surface area contributed by atoms with Gasteiger partial charge in [0.2, 0.25) is 6.21 Å². The summed E-state index contributed by atoms with van der Waals surface area (Å²) >= 11 is 0. The third-order valence-electron chi connectivity index (χ3n) is 2.22. The molecule has 0 aromatic carbocycles. The first-order valence-corrected chi connectivity index (χ1v) is 4.50. The molecule has 0 unspecified atom stereocenters. The average molecular weight is 192 g/mol. The van der Waals surface area contributed by atoms with E-state index in [9.17, 15) is 5.11 Å². The van der Waals surface area contributed by atoms with E-state index in [1.807, 2.05) is 19.9 Å². The van der Waals surface area contributed by atoms with Crippen LogP contribution in [0.5, 0.6) is 0 Å². The molecular weight excluding hydrogens is 180 g/mol. The van der Waals surface area contributed by atoms with Crippen molar-refractivity contribution in [3.63, 3.8) is 0 Å². The van der Waals surface area contributed by atoms with E-state index in [2.05, 4.69) is 5.10 Å². The molecule has 0 fully saturated rings. The van der Waals surface area contributed by atoms with Gasteiger partial charge in [0.25, 0.3) is 0 Å². The lowest BCUT2D eigenvalue weighted by Crippen LogP contribution is -2.31. The Morgan fingerprint density at radius 3 is 2.93 bits per heavy atom. The van der Waals surface area contributed by atoms with E-state index in [4.69, 9.17) is 4.42 Å². The zero-order chi connectivity index (χ0) is 10.2. The van der Waals surface area contributed by atoms with Crippen LogP contribution in [0.3, 0.4) is 0 Å². The Bertz CT molecular complexity index is 388. The third kappa shape index (κ3) is 1.55. The van der Waals surface area contributed by atoms with Crippen molar-refractivity contribution in [2.75, 3.05) is 0 Å². The highest BCUT2D eigenvalue weighted by Gasteiger charge is 2.36. The van der Waals surface area contributed by atoms with E-state index in [1.165, 1.54) is 0 Å². The number of furan rings is 1. The van der Waals surface area contributed by atoms with Crippen LogP contribution in [-0.4, -0.2) is 22.3 Å². The van der Waals surface area contributed by atoms with Gasteiger partial charge in [-0.05, 0) is 17.2 Å². The first-order chi connectivity index (χ1) is 6.58. The minimum absolute atomic E-state index is 0.0854. The average Bonchev–Trinajstić information content (AvgIpc) is 2.61. The summed E-state index contributed by atoms with van der Waals surface area (Å²) in [6.45, 7) is 3.95. The summed E-state index contributed by atoms with van der Waals surface area (Å²) in [4.78, 5) is 0. The largest absolute Gasteiger partial charge is 0.857 e. The van der Waals surface area contributed by atoms with Gasteiger partial charge >= 0.3 is 0 Å². The molecule has 74 valence electrons. The number of nitrogens with zero attached hydrogens (tertiary/aromatic N) is 2. The summed E-state index contributed by atoms with van der Waals surface area (Å²) in [5.74, 6) is 0.620. The SMILES string of the molecule is CC1(C)CC([O-])=N/[N+]1=C/c1ccco1. The van der Waals surface area contributed by atoms with Crippen molar-refractivity contribution in [2.45, 2.75) is 25.8 Å². The van der Waals surface area contributed by atoms with Gasteiger partial charge in [-0.25, -0.2) is 0 Å². The van der Waals surface area contributed by atoms with Gasteiger partial charge in [-0.1, -0.05) is 4.68 Å². The summed E-state index contributed by atoms with van der Waals surface area (Å²) in [6, 6.07) is 3.63. The van der Waals surface area contributed by atoms with E-state index in [-0.39, 0.29) is 11.4 Å². The van der Waals surface area contributed by atoms with Crippen molar-refractivity contribution in [1.82, 2.24) is 0 Å². The molecule has 4 nitrogen and oxygen atoms in total. The lowest BCUT2D eigenvalue weighted by molar-refractivity contribution is -0.592. The molecule has 0 aliphatic carbocycles. The molecule has 0 spiro atoms. The van der Waals surface area contributed by atoms with Crippen molar-refractivity contribution in [1.29, 1.82) is 0 Å². The Hall–Kier alpha value is -1.58. The van der Waals surface area contributed by atoms with E-state index < -0.39 is 0 Å². The third-order valence-corrected chi connectivity index (χ3v) is 2.22. The second-order valence-electron chi connectivity index (χ2n) is 3.97. The molecule has 0 saturated heterocycles. The summed E-state index contributed by atoms with van der Waals surface area (Å²) in [7, 11) is 0. The molecule has 0 bridgehead atoms. The van der Waals surface area contributed by atoms with Crippen LogP contribution < -0.4 is 5.11 Å². The maximum Gasteiger partial charge on any atom is 0.239 e. The van der Waals surface area contributed by atoms with Crippen molar-refractivity contribution >= 4 is 12.1 Å². The second kappa shape index (κ2) is 2.97. The van der Waals surface area contributed by atoms with Crippen molar-refractivity contribution < 1.29 is 14.2 Å². The predicted molar refractivity (Wildman–Crippen MR) is 50.3 cm³/mol. The fraction of sp³-hybridized carbons (Fsp3) is 0.400. The molecule has 0 amide bonds. The zero-order valence-corrected chi connectivity index (χ0v) is 8.23. The van der Waals surface area contributed by atoms with Crippen LogP contribution >= 0.6 is 0 Å². The van der Waals surface area contributed by atoms with E-state index in [1.54, 1.807) is 23.2 Å². The highest BCUT2D eigenvalue weighted by Crippen LogP contribution is 2.20. The Balaban J connectivity index is 2.34. The van der Waals surface area contributed by atoms with Crippen LogP contribution in [0.2, 0.25) is 0 Å². The van der Waals surface area contributed by atoms with Crippen LogP contribution in [0.15, 0.2) is 27.9 Å². The standard InChI is InChI=1S/C10H12N2O2/c1-10(2)6-9(13)11-12(10)7-8-4-3-5-14-8/h3-5,7H,6H2,1-2H3/b12-7+. The van der Waals surface area contributed by atoms with E-state index in [0.717, 1.165) is 0 Å². The first kappa shape index (κ1) is 8.99. The Kier molecular flexibility index (Phi) is 1.91. The fourth-order valence-electron chi connectivity index (χ4n) is 1.43. The molecule has 2 rings (SSSR count). The maximum absolute atomic E-state index is 11.1. The smallest absolute Gasteiger partial charge is 0.239 e. The van der Waals surface area contributed by atoms with Gasteiger partial charge in [0, 0.05) is 26.2 Å². The van der Waals surface area contributed by atoms with Crippen molar-refractivity contribution in [3.05, 3.63) is 24.2 Å². The number of hydrogen-bond acceptors (Lipinski definition) is 3. The molecule has 0 N–H and O–H groups in total. The Labute approximate surface area is 82.2 Å². The summed E-state index contributed by atoms with van der Waals surface area (Å²) in [5.41, 5.74) is -0.246. The van der Waals surface area contributed by atoms with E-state index in [0.29, 0.717) is 12.2 Å². The van der Waals surface area contributed by atoms with Gasteiger partial charge in [-0.3, -0.25) is 0 Å². The molecule has 1 aliphatic rings. The fourth-order valence-corrected chi connectivity index (χ4v) is 1.43. The van der Waals surface area contributed by atoms with E-state index >= 15 is 0 Å². The molecule has 0 radical (unpaired) electrons. The van der Waals surface area contributed by atoms with Crippen molar-refractivity contribution in [3.8, 4) is 0 Å². The predicted octanol–water partition coefficient (Wildman–Crippen LogP) is 0.567. The van der Waals surface area contributed by atoms with Crippen LogP contribution in [-0.2, 0) is 0 Å². The van der Waals surface area contributed by atoms with Gasteiger partial charge in [0.1, 0.15) is 0 Å². The minimum Gasteiger partial charge on any atom is -0.857 e. The molecule has 1 aliphatic heterocycles. The molecular formula is C10H12N2O2. The Morgan fingerprint density at radius 2 is 2.43 bits per heavy atom. The quantitative estimate of drug-likeness (QED) is 0.611. The van der Waals surface area contributed by atoms with Gasteiger partial charge in [0.05, 0.1) is 6.26 Å². The lowest BCUT2D eigenvalue weighted by Gasteiger charge is -2.10. The first-order valence-electron chi connectivity index (χ1n) is 4.50. The van der Waals surface area contributed by atoms with Crippen LogP contribution in [0.4, 0.5) is 0 Å². The highest BCUT2D eigenvalue weighted by molar-refractivity contribution is 5.76. The molecule has 0 saturated carbocycles. The Morgan fingerprint density at radius 1 is 1.64 bits per heavy atom. The molecule has 1 aromatic heterocycles. The van der Waals surface area contributed by atoms with Crippen LogP contribution in [0.25, 0.3) is 0 Å². The summed E-state index contributed by atoms with van der Waals surface area (Å²) < 4.78 is 6.82. The zero-order valence-electron chi connectivity index (χ0n) is 8.23. The number of hydrogen-bond donors (Lipinski definition) is 0. The highest BCUT2D eigenvalue weighted by atomic mass is 16.3. The maximum atomic E-state index is 11.1. The minimum atomic E-state index is -0.246. The summed E-state index contributed by atoms with van der Waals surface area (Å²) in [5, 5.41) is 15.0. The molecule has 2 heterocycles. The molecule has 4 heteroatoms. The second-order valence-corrected chi connectivity index (χ2v) is 3.97. The van der Waals surface area contributed by atoms with Crippen LogP contribution in [0, 0.1) is 0 Å². The summed E-state index contributed by atoms with van der Waals surface area (Å²) in [6.07, 6.45) is 3.78. The van der Waals surface area contributed by atoms with Gasteiger partial charge < -0.3 is 9.52 Å². The normalized spacial score (nSPS) is 22.7. The molecule has 14 heavy (non-hydrogen) atoms. The van der Waals surface area contributed by atoms with Crippen LogP contribution in [0.1, 0.15) is 26.0 Å². The van der Waals surface area contributed by atoms with Gasteiger partial charge in [-0.15, -0.1) is 0 Å². The number of hydrazone groups is 1. The monoisotopic (exact) mass is 192 g/mol.